The van der Waals surface area contributed by atoms with E-state index < -0.39 is 0 Å². The summed E-state index contributed by atoms with van der Waals surface area (Å²) in [7, 11) is 0. The van der Waals surface area contributed by atoms with E-state index in [2.05, 4.69) is 26.1 Å². The van der Waals surface area contributed by atoms with Crippen molar-refractivity contribution in [1.29, 1.82) is 0 Å². The van der Waals surface area contributed by atoms with Crippen LogP contribution in [0.25, 0.3) is 0 Å². The molecule has 3 atom stereocenters. The highest BCUT2D eigenvalue weighted by Crippen LogP contribution is 2.42. The van der Waals surface area contributed by atoms with Crippen LogP contribution in [0.15, 0.2) is 0 Å². The number of hydrogen-bond donors (Lipinski definition) is 1. The average Bonchev–Trinajstić information content (AvgIpc) is 2.46. The van der Waals surface area contributed by atoms with Gasteiger partial charge in [0.1, 0.15) is 0 Å². The van der Waals surface area contributed by atoms with E-state index in [0.29, 0.717) is 6.04 Å². The summed E-state index contributed by atoms with van der Waals surface area (Å²) < 4.78 is 6.45. The molecular formula is C18H35NO. The van der Waals surface area contributed by atoms with Crippen LogP contribution in [0.4, 0.5) is 0 Å². The maximum atomic E-state index is 6.45. The summed E-state index contributed by atoms with van der Waals surface area (Å²) in [5, 5.41) is 3.84. The number of rotatable bonds is 6. The topological polar surface area (TPSA) is 21.3 Å². The van der Waals surface area contributed by atoms with Crippen LogP contribution in [-0.2, 0) is 4.74 Å². The minimum atomic E-state index is 0.116. The van der Waals surface area contributed by atoms with Crippen molar-refractivity contribution in [2.45, 2.75) is 90.2 Å². The third-order valence-corrected chi connectivity index (χ3v) is 5.53. The molecule has 2 fully saturated rings. The minimum absolute atomic E-state index is 0.116. The van der Waals surface area contributed by atoms with Gasteiger partial charge in [-0.15, -0.1) is 0 Å². The smallest absolute Gasteiger partial charge is 0.0839 e. The molecule has 0 bridgehead atoms. The van der Waals surface area contributed by atoms with Crippen molar-refractivity contribution in [2.24, 2.45) is 11.8 Å². The predicted octanol–water partition coefficient (Wildman–Crippen LogP) is 4.53. The van der Waals surface area contributed by atoms with Crippen LogP contribution >= 0.6 is 0 Å². The molecular weight excluding hydrogens is 246 g/mol. The highest BCUT2D eigenvalue weighted by molar-refractivity contribution is 5.00. The molecule has 3 unspecified atom stereocenters. The van der Waals surface area contributed by atoms with E-state index in [1.54, 1.807) is 0 Å². The Bertz CT molecular complexity index is 271. The van der Waals surface area contributed by atoms with Crippen molar-refractivity contribution in [2.75, 3.05) is 13.2 Å². The van der Waals surface area contributed by atoms with Crippen molar-refractivity contribution in [1.82, 2.24) is 5.32 Å². The van der Waals surface area contributed by atoms with Gasteiger partial charge in [0.2, 0.25) is 0 Å². The van der Waals surface area contributed by atoms with Gasteiger partial charge in [0, 0.05) is 12.6 Å². The predicted molar refractivity (Wildman–Crippen MR) is 86.0 cm³/mol. The van der Waals surface area contributed by atoms with Gasteiger partial charge in [0.25, 0.3) is 0 Å². The second-order valence-corrected chi connectivity index (χ2v) is 7.13. The van der Waals surface area contributed by atoms with Gasteiger partial charge in [0.15, 0.2) is 0 Å². The highest BCUT2D eigenvalue weighted by atomic mass is 16.5. The molecule has 2 aliphatic carbocycles. The fourth-order valence-corrected chi connectivity index (χ4v) is 4.80. The second kappa shape index (κ2) is 7.79. The zero-order chi connectivity index (χ0) is 14.4. The summed E-state index contributed by atoms with van der Waals surface area (Å²) in [6.45, 7) is 8.77. The molecule has 0 spiro atoms. The maximum absolute atomic E-state index is 6.45. The Morgan fingerprint density at radius 2 is 1.85 bits per heavy atom. The largest absolute Gasteiger partial charge is 0.374 e. The second-order valence-electron chi connectivity index (χ2n) is 7.13. The van der Waals surface area contributed by atoms with E-state index in [9.17, 15) is 0 Å². The summed E-state index contributed by atoms with van der Waals surface area (Å²) in [6, 6.07) is 0.579. The van der Waals surface area contributed by atoms with E-state index in [0.717, 1.165) is 25.0 Å². The first-order valence-electron chi connectivity index (χ1n) is 9.09. The molecule has 0 aromatic rings. The average molecular weight is 281 g/mol. The van der Waals surface area contributed by atoms with Crippen LogP contribution in [0.5, 0.6) is 0 Å². The Kier molecular flexibility index (Phi) is 6.35. The number of likely N-dealkylation sites (N-methyl/N-ethyl adjacent to an activating group) is 1. The number of nitrogens with one attached hydrogen (secondary N) is 1. The Hall–Kier alpha value is -0.0800. The van der Waals surface area contributed by atoms with Crippen molar-refractivity contribution < 1.29 is 4.74 Å². The van der Waals surface area contributed by atoms with Gasteiger partial charge in [-0.3, -0.25) is 0 Å². The van der Waals surface area contributed by atoms with Crippen LogP contribution in [0.3, 0.4) is 0 Å². The molecule has 1 N–H and O–H groups in total. The van der Waals surface area contributed by atoms with E-state index in [1.165, 1.54) is 57.8 Å². The van der Waals surface area contributed by atoms with Gasteiger partial charge in [-0.2, -0.15) is 0 Å². The molecule has 118 valence electrons. The molecule has 2 aliphatic rings. The molecule has 2 saturated carbocycles. The van der Waals surface area contributed by atoms with Gasteiger partial charge < -0.3 is 10.1 Å². The lowest BCUT2D eigenvalue weighted by Gasteiger charge is -2.49. The lowest BCUT2D eigenvalue weighted by Crippen LogP contribution is -2.58. The lowest BCUT2D eigenvalue weighted by atomic mass is 9.68. The summed E-state index contributed by atoms with van der Waals surface area (Å²) >= 11 is 0. The molecule has 0 radical (unpaired) electrons. The molecule has 0 heterocycles. The maximum Gasteiger partial charge on any atom is 0.0839 e. The van der Waals surface area contributed by atoms with Crippen LogP contribution in [-0.4, -0.2) is 24.8 Å². The first-order chi connectivity index (χ1) is 9.72. The Morgan fingerprint density at radius 3 is 2.45 bits per heavy atom. The molecule has 0 saturated heterocycles. The van der Waals surface area contributed by atoms with Crippen molar-refractivity contribution in [3.8, 4) is 0 Å². The van der Waals surface area contributed by atoms with E-state index in [4.69, 9.17) is 4.74 Å². The molecule has 0 aliphatic heterocycles. The van der Waals surface area contributed by atoms with Gasteiger partial charge >= 0.3 is 0 Å². The third kappa shape index (κ3) is 3.76. The Balaban J connectivity index is 2.16. The molecule has 2 rings (SSSR count). The summed E-state index contributed by atoms with van der Waals surface area (Å²) in [5.41, 5.74) is 0.116. The van der Waals surface area contributed by atoms with Crippen LogP contribution < -0.4 is 5.32 Å². The summed E-state index contributed by atoms with van der Waals surface area (Å²) in [6.07, 6.45) is 12.3. The third-order valence-electron chi connectivity index (χ3n) is 5.53. The van der Waals surface area contributed by atoms with Crippen molar-refractivity contribution in [3.05, 3.63) is 0 Å². The highest BCUT2D eigenvalue weighted by Gasteiger charge is 2.45. The van der Waals surface area contributed by atoms with E-state index in [-0.39, 0.29) is 5.60 Å². The first-order valence-corrected chi connectivity index (χ1v) is 9.09. The molecule has 0 aromatic carbocycles. The zero-order valence-electron chi connectivity index (χ0n) is 13.9. The van der Waals surface area contributed by atoms with Crippen molar-refractivity contribution in [3.63, 3.8) is 0 Å². The standard InChI is InChI=1S/C18H35NO/c1-4-19-17(16-11-7-6-8-12-16)18(20-5-2)13-9-10-15(3)14-18/h15-17,19H,4-14H2,1-3H3. The Labute approximate surface area is 126 Å². The van der Waals surface area contributed by atoms with E-state index >= 15 is 0 Å². The van der Waals surface area contributed by atoms with Crippen LogP contribution in [0.2, 0.25) is 0 Å². The van der Waals surface area contributed by atoms with Crippen LogP contribution in [0, 0.1) is 11.8 Å². The SMILES string of the molecule is CCNC(C1CCCCC1)C1(OCC)CCCC(C)C1. The van der Waals surface area contributed by atoms with Crippen molar-refractivity contribution >= 4 is 0 Å². The Morgan fingerprint density at radius 1 is 1.10 bits per heavy atom. The molecule has 2 heteroatoms. The molecule has 2 nitrogen and oxygen atoms in total. The monoisotopic (exact) mass is 281 g/mol. The molecule has 20 heavy (non-hydrogen) atoms. The summed E-state index contributed by atoms with van der Waals surface area (Å²) in [4.78, 5) is 0. The fourth-order valence-electron chi connectivity index (χ4n) is 4.80. The molecule has 0 amide bonds. The van der Waals surface area contributed by atoms with E-state index in [1.807, 2.05) is 0 Å². The number of hydrogen-bond acceptors (Lipinski definition) is 2. The lowest BCUT2D eigenvalue weighted by molar-refractivity contribution is -0.115. The zero-order valence-corrected chi connectivity index (χ0v) is 13.9. The van der Waals surface area contributed by atoms with Gasteiger partial charge in [-0.25, -0.2) is 0 Å². The normalized spacial score (nSPS) is 34.0. The number of ether oxygens (including phenoxy) is 1. The summed E-state index contributed by atoms with van der Waals surface area (Å²) in [5.74, 6) is 1.65. The quantitative estimate of drug-likeness (QED) is 0.772. The first kappa shape index (κ1) is 16.3. The van der Waals surface area contributed by atoms with Gasteiger partial charge in [0.05, 0.1) is 5.60 Å². The minimum Gasteiger partial charge on any atom is -0.374 e. The van der Waals surface area contributed by atoms with Gasteiger partial charge in [-0.05, 0) is 51.0 Å². The molecule has 0 aromatic heterocycles. The fraction of sp³-hybridized carbons (Fsp3) is 1.00. The van der Waals surface area contributed by atoms with Gasteiger partial charge in [-0.1, -0.05) is 46.0 Å². The van der Waals surface area contributed by atoms with Crippen LogP contribution in [0.1, 0.15) is 78.6 Å².